The molecular weight excluding hydrogens is 286 g/mol. The summed E-state index contributed by atoms with van der Waals surface area (Å²) in [5.74, 6) is 0. The highest BCUT2D eigenvalue weighted by molar-refractivity contribution is 5.74. The number of hydrogen-bond acceptors (Lipinski definition) is 4. The molecule has 0 bridgehead atoms. The number of benzene rings is 1. The van der Waals surface area contributed by atoms with Crippen LogP contribution in [0.3, 0.4) is 0 Å². The van der Waals surface area contributed by atoms with Gasteiger partial charge in [0, 0.05) is 18.7 Å². The molecule has 0 aliphatic heterocycles. The van der Waals surface area contributed by atoms with Gasteiger partial charge in [-0.1, -0.05) is 12.1 Å². The van der Waals surface area contributed by atoms with Crippen molar-refractivity contribution in [1.29, 1.82) is 0 Å². The van der Waals surface area contributed by atoms with E-state index in [1.54, 1.807) is 32.9 Å². The monoisotopic (exact) mass is 309 g/mol. The first-order valence-electron chi connectivity index (χ1n) is 7.16. The van der Waals surface area contributed by atoms with Gasteiger partial charge < -0.3 is 15.3 Å². The Kier molecular flexibility index (Phi) is 5.87. The maximum absolute atomic E-state index is 12.2. The molecule has 0 heterocycles. The van der Waals surface area contributed by atoms with Gasteiger partial charge in [0.2, 0.25) is 0 Å². The standard InChI is InChI=1S/C15H23N3O4/c1-5-17(10-15(3,4)20)14(19)16-11(2)12-7-6-8-13(9-12)18(21)22/h6-9,11,20H,5,10H2,1-4H3,(H,16,19). The molecule has 1 atom stereocenters. The molecule has 0 saturated carbocycles. The third-order valence-electron chi connectivity index (χ3n) is 3.17. The Labute approximate surface area is 130 Å². The molecule has 0 aliphatic rings. The number of hydrogen-bond donors (Lipinski definition) is 2. The molecule has 1 aromatic rings. The number of carbonyl (C=O) groups is 1. The highest BCUT2D eigenvalue weighted by Crippen LogP contribution is 2.19. The number of non-ortho nitro benzene ring substituents is 1. The van der Waals surface area contributed by atoms with Gasteiger partial charge in [-0.3, -0.25) is 10.1 Å². The van der Waals surface area contributed by atoms with Gasteiger partial charge in [0.25, 0.3) is 5.69 Å². The molecule has 0 aliphatic carbocycles. The highest BCUT2D eigenvalue weighted by Gasteiger charge is 2.22. The molecule has 1 unspecified atom stereocenters. The van der Waals surface area contributed by atoms with Crippen LogP contribution in [-0.4, -0.2) is 39.7 Å². The normalized spacial score (nSPS) is 12.6. The zero-order valence-corrected chi connectivity index (χ0v) is 13.4. The molecule has 1 aromatic carbocycles. The SMILES string of the molecule is CCN(CC(C)(C)O)C(=O)NC(C)c1cccc([N+](=O)[O-])c1. The predicted octanol–water partition coefficient (Wildman–Crippen LogP) is 2.46. The van der Waals surface area contributed by atoms with Crippen LogP contribution in [0.5, 0.6) is 0 Å². The number of nitro benzene ring substituents is 1. The summed E-state index contributed by atoms with van der Waals surface area (Å²) in [4.78, 5) is 24.0. The Morgan fingerprint density at radius 1 is 1.50 bits per heavy atom. The smallest absolute Gasteiger partial charge is 0.317 e. The number of rotatable bonds is 6. The van der Waals surface area contributed by atoms with Gasteiger partial charge >= 0.3 is 6.03 Å². The number of aliphatic hydroxyl groups is 1. The lowest BCUT2D eigenvalue weighted by atomic mass is 10.1. The minimum atomic E-state index is -0.984. The molecule has 0 spiro atoms. The number of carbonyl (C=O) groups excluding carboxylic acids is 1. The first kappa shape index (κ1) is 17.9. The van der Waals surface area contributed by atoms with Crippen molar-refractivity contribution in [2.45, 2.75) is 39.3 Å². The van der Waals surface area contributed by atoms with Crippen molar-refractivity contribution in [3.05, 3.63) is 39.9 Å². The quantitative estimate of drug-likeness (QED) is 0.623. The molecular formula is C15H23N3O4. The van der Waals surface area contributed by atoms with Crippen LogP contribution in [0.1, 0.15) is 39.3 Å². The molecule has 0 fully saturated rings. The van der Waals surface area contributed by atoms with Crippen LogP contribution in [0.4, 0.5) is 10.5 Å². The van der Waals surface area contributed by atoms with Gasteiger partial charge in [0.05, 0.1) is 23.1 Å². The van der Waals surface area contributed by atoms with Gasteiger partial charge in [-0.15, -0.1) is 0 Å². The summed E-state index contributed by atoms with van der Waals surface area (Å²) in [6, 6.07) is 5.48. The van der Waals surface area contributed by atoms with Crippen LogP contribution in [0.2, 0.25) is 0 Å². The molecule has 7 heteroatoms. The van der Waals surface area contributed by atoms with Crippen LogP contribution in [0, 0.1) is 10.1 Å². The van der Waals surface area contributed by atoms with E-state index >= 15 is 0 Å². The van der Waals surface area contributed by atoms with Crippen molar-refractivity contribution < 1.29 is 14.8 Å². The van der Waals surface area contributed by atoms with E-state index < -0.39 is 10.5 Å². The Morgan fingerprint density at radius 2 is 2.14 bits per heavy atom. The Balaban J connectivity index is 2.78. The van der Waals surface area contributed by atoms with Gasteiger partial charge in [-0.05, 0) is 33.3 Å². The fraction of sp³-hybridized carbons (Fsp3) is 0.533. The predicted molar refractivity (Wildman–Crippen MR) is 83.6 cm³/mol. The number of likely N-dealkylation sites (N-methyl/N-ethyl adjacent to an activating group) is 1. The van der Waals surface area contributed by atoms with Crippen LogP contribution in [-0.2, 0) is 0 Å². The molecule has 0 saturated heterocycles. The average molecular weight is 309 g/mol. The summed E-state index contributed by atoms with van der Waals surface area (Å²) in [5, 5.41) is 23.4. The van der Waals surface area contributed by atoms with E-state index in [0.29, 0.717) is 12.1 Å². The second-order valence-electron chi connectivity index (χ2n) is 5.85. The fourth-order valence-corrected chi connectivity index (χ4v) is 2.06. The zero-order chi connectivity index (χ0) is 16.9. The van der Waals surface area contributed by atoms with Gasteiger partial charge in [-0.25, -0.2) is 4.79 Å². The number of nitrogens with one attached hydrogen (secondary N) is 1. The third-order valence-corrected chi connectivity index (χ3v) is 3.17. The molecule has 2 amide bonds. The van der Waals surface area contributed by atoms with Crippen molar-refractivity contribution in [2.75, 3.05) is 13.1 Å². The molecule has 0 radical (unpaired) electrons. The van der Waals surface area contributed by atoms with E-state index in [4.69, 9.17) is 0 Å². The summed E-state index contributed by atoms with van der Waals surface area (Å²) < 4.78 is 0. The lowest BCUT2D eigenvalue weighted by Gasteiger charge is -2.29. The van der Waals surface area contributed by atoms with Crippen LogP contribution < -0.4 is 5.32 Å². The third kappa shape index (κ3) is 5.33. The van der Waals surface area contributed by atoms with E-state index in [9.17, 15) is 20.0 Å². The molecule has 0 aromatic heterocycles. The first-order chi connectivity index (χ1) is 10.1. The maximum atomic E-state index is 12.2. The van der Waals surface area contributed by atoms with Crippen molar-refractivity contribution in [2.24, 2.45) is 0 Å². The Morgan fingerprint density at radius 3 is 2.64 bits per heavy atom. The Hall–Kier alpha value is -2.15. The first-order valence-corrected chi connectivity index (χ1v) is 7.16. The summed E-state index contributed by atoms with van der Waals surface area (Å²) in [6.07, 6.45) is 0. The molecule has 22 heavy (non-hydrogen) atoms. The highest BCUT2D eigenvalue weighted by atomic mass is 16.6. The summed E-state index contributed by atoms with van der Waals surface area (Å²) in [5.41, 5.74) is -0.341. The maximum Gasteiger partial charge on any atom is 0.317 e. The average Bonchev–Trinajstić information content (AvgIpc) is 2.43. The second-order valence-corrected chi connectivity index (χ2v) is 5.85. The minimum Gasteiger partial charge on any atom is -0.389 e. The van der Waals surface area contributed by atoms with Crippen molar-refractivity contribution >= 4 is 11.7 Å². The molecule has 2 N–H and O–H groups in total. The zero-order valence-electron chi connectivity index (χ0n) is 13.4. The van der Waals surface area contributed by atoms with Crippen molar-refractivity contribution in [1.82, 2.24) is 10.2 Å². The van der Waals surface area contributed by atoms with Gasteiger partial charge in [-0.2, -0.15) is 0 Å². The van der Waals surface area contributed by atoms with Crippen LogP contribution in [0.15, 0.2) is 24.3 Å². The van der Waals surface area contributed by atoms with Gasteiger partial charge in [0.15, 0.2) is 0 Å². The summed E-state index contributed by atoms with van der Waals surface area (Å²) in [6.45, 7) is 7.51. The molecule has 122 valence electrons. The fourth-order valence-electron chi connectivity index (χ4n) is 2.06. The molecule has 7 nitrogen and oxygen atoms in total. The van der Waals surface area contributed by atoms with E-state index in [-0.39, 0.29) is 24.3 Å². The number of nitrogens with zero attached hydrogens (tertiary/aromatic N) is 2. The van der Waals surface area contributed by atoms with Crippen molar-refractivity contribution in [3.8, 4) is 0 Å². The lowest BCUT2D eigenvalue weighted by Crippen LogP contribution is -2.47. The number of urea groups is 1. The summed E-state index contributed by atoms with van der Waals surface area (Å²) >= 11 is 0. The van der Waals surface area contributed by atoms with Gasteiger partial charge in [0.1, 0.15) is 0 Å². The largest absolute Gasteiger partial charge is 0.389 e. The minimum absolute atomic E-state index is 0.0116. The number of amides is 2. The topological polar surface area (TPSA) is 95.7 Å². The number of nitro groups is 1. The Bertz CT molecular complexity index is 540. The van der Waals surface area contributed by atoms with Crippen LogP contribution in [0.25, 0.3) is 0 Å². The summed E-state index contributed by atoms with van der Waals surface area (Å²) in [7, 11) is 0. The van der Waals surface area contributed by atoms with E-state index in [2.05, 4.69) is 5.32 Å². The second kappa shape index (κ2) is 7.22. The van der Waals surface area contributed by atoms with Crippen molar-refractivity contribution in [3.63, 3.8) is 0 Å². The van der Waals surface area contributed by atoms with E-state index in [1.807, 2.05) is 6.92 Å². The molecule has 1 rings (SSSR count). The van der Waals surface area contributed by atoms with E-state index in [0.717, 1.165) is 0 Å². The van der Waals surface area contributed by atoms with Crippen LogP contribution >= 0.6 is 0 Å². The lowest BCUT2D eigenvalue weighted by molar-refractivity contribution is -0.384. The van der Waals surface area contributed by atoms with E-state index in [1.165, 1.54) is 17.0 Å².